The minimum Gasteiger partial charge on any atom is -0.312 e. The minimum absolute atomic E-state index is 0.220. The molecule has 2 amide bonds. The van der Waals surface area contributed by atoms with Crippen LogP contribution in [0.1, 0.15) is 40.7 Å². The number of nitrogens with one attached hydrogen (secondary N) is 1. The molecule has 2 aromatic rings. The van der Waals surface area contributed by atoms with E-state index in [9.17, 15) is 9.59 Å². The molecule has 1 atom stereocenters. The molecule has 5 nitrogen and oxygen atoms in total. The second-order valence-electron chi connectivity index (χ2n) is 7.28. The molecule has 1 aliphatic heterocycles. The standard InChI is InChI=1S/C21H22N2O3/c24-19(22-26)16-7-8-17-14-21(11-9-15(17)13-16)10-4-12-23(20(21)25)18-5-2-1-3-6-18/h1-3,5-8,13,26H,4,9-12,14H2,(H,22,24)/t21-/m1/s1. The second kappa shape index (κ2) is 6.57. The van der Waals surface area contributed by atoms with Crippen LogP contribution < -0.4 is 10.4 Å². The highest BCUT2D eigenvalue weighted by molar-refractivity contribution is 5.99. The van der Waals surface area contributed by atoms with Gasteiger partial charge in [-0.05, 0) is 67.5 Å². The molecule has 4 rings (SSSR count). The van der Waals surface area contributed by atoms with Gasteiger partial charge in [0, 0.05) is 17.8 Å². The van der Waals surface area contributed by atoms with Crippen molar-refractivity contribution in [3.05, 3.63) is 65.2 Å². The summed E-state index contributed by atoms with van der Waals surface area (Å²) in [6.45, 7) is 0.771. The third-order valence-electron chi connectivity index (χ3n) is 5.78. The minimum atomic E-state index is -0.503. The molecule has 0 aromatic heterocycles. The monoisotopic (exact) mass is 350 g/mol. The number of fused-ring (bicyclic) bond motifs is 1. The number of hydrogen-bond acceptors (Lipinski definition) is 3. The van der Waals surface area contributed by atoms with E-state index in [4.69, 9.17) is 5.21 Å². The van der Waals surface area contributed by atoms with Crippen molar-refractivity contribution < 1.29 is 14.8 Å². The van der Waals surface area contributed by atoms with Crippen molar-refractivity contribution in [1.82, 2.24) is 5.48 Å². The molecule has 1 fully saturated rings. The average molecular weight is 350 g/mol. The van der Waals surface area contributed by atoms with Crippen LogP contribution in [0.25, 0.3) is 0 Å². The summed E-state index contributed by atoms with van der Waals surface area (Å²) < 4.78 is 0. The molecule has 2 N–H and O–H groups in total. The van der Waals surface area contributed by atoms with Gasteiger partial charge in [0.1, 0.15) is 0 Å². The molecular formula is C21H22N2O3. The van der Waals surface area contributed by atoms with Crippen LogP contribution >= 0.6 is 0 Å². The van der Waals surface area contributed by atoms with Crippen LogP contribution in [0, 0.1) is 5.41 Å². The van der Waals surface area contributed by atoms with Crippen molar-refractivity contribution in [1.29, 1.82) is 0 Å². The SMILES string of the molecule is O=C(NO)c1ccc2c(c1)CC[C@]1(CCCN(c3ccccc3)C1=O)C2. The van der Waals surface area contributed by atoms with Crippen LogP contribution in [-0.4, -0.2) is 23.6 Å². The van der Waals surface area contributed by atoms with Crippen molar-refractivity contribution in [2.45, 2.75) is 32.1 Å². The van der Waals surface area contributed by atoms with Crippen LogP contribution in [0.4, 0.5) is 5.69 Å². The Morgan fingerprint density at radius 1 is 1.08 bits per heavy atom. The maximum Gasteiger partial charge on any atom is 0.274 e. The number of aryl methyl sites for hydroxylation is 1. The number of para-hydroxylation sites is 1. The van der Waals surface area contributed by atoms with Crippen molar-refractivity contribution in [2.75, 3.05) is 11.4 Å². The molecule has 2 aromatic carbocycles. The smallest absolute Gasteiger partial charge is 0.274 e. The first-order valence-corrected chi connectivity index (χ1v) is 9.06. The Morgan fingerprint density at radius 2 is 1.88 bits per heavy atom. The predicted octanol–water partition coefficient (Wildman–Crippen LogP) is 3.11. The van der Waals surface area contributed by atoms with Gasteiger partial charge in [0.25, 0.3) is 5.91 Å². The summed E-state index contributed by atoms with van der Waals surface area (Å²) in [7, 11) is 0. The number of hydrogen-bond donors (Lipinski definition) is 2. The summed E-state index contributed by atoms with van der Waals surface area (Å²) in [5, 5.41) is 8.81. The molecule has 1 saturated heterocycles. The first-order chi connectivity index (χ1) is 12.6. The summed E-state index contributed by atoms with van der Waals surface area (Å²) in [6, 6.07) is 15.4. The maximum absolute atomic E-state index is 13.4. The van der Waals surface area contributed by atoms with Crippen LogP contribution in [0.5, 0.6) is 0 Å². The molecule has 2 aliphatic rings. The van der Waals surface area contributed by atoms with Gasteiger partial charge in [0.15, 0.2) is 0 Å². The summed E-state index contributed by atoms with van der Waals surface area (Å²) in [6.07, 6.45) is 4.20. The number of amides is 2. The molecule has 134 valence electrons. The highest BCUT2D eigenvalue weighted by Gasteiger charge is 2.46. The Balaban J connectivity index is 1.62. The van der Waals surface area contributed by atoms with Gasteiger partial charge >= 0.3 is 0 Å². The van der Waals surface area contributed by atoms with E-state index >= 15 is 0 Å². The van der Waals surface area contributed by atoms with Gasteiger partial charge in [-0.2, -0.15) is 0 Å². The number of carbonyl (C=O) groups excluding carboxylic acids is 2. The summed E-state index contributed by atoms with van der Waals surface area (Å²) in [5.74, 6) is -0.283. The van der Waals surface area contributed by atoms with Crippen LogP contribution in [0.2, 0.25) is 0 Å². The van der Waals surface area contributed by atoms with Crippen molar-refractivity contribution in [3.8, 4) is 0 Å². The first-order valence-electron chi connectivity index (χ1n) is 9.06. The normalized spacial score (nSPS) is 22.2. The maximum atomic E-state index is 13.4. The molecule has 0 saturated carbocycles. The summed E-state index contributed by atoms with van der Waals surface area (Å²) >= 11 is 0. The van der Waals surface area contributed by atoms with Gasteiger partial charge in [-0.25, -0.2) is 5.48 Å². The lowest BCUT2D eigenvalue weighted by Gasteiger charge is -2.44. The van der Waals surface area contributed by atoms with Gasteiger partial charge < -0.3 is 4.90 Å². The van der Waals surface area contributed by atoms with Crippen LogP contribution in [-0.2, 0) is 17.6 Å². The van der Waals surface area contributed by atoms with E-state index in [0.29, 0.717) is 12.0 Å². The third-order valence-corrected chi connectivity index (χ3v) is 5.78. The number of carbonyl (C=O) groups is 2. The van der Waals surface area contributed by atoms with Crippen LogP contribution in [0.15, 0.2) is 48.5 Å². The summed E-state index contributed by atoms with van der Waals surface area (Å²) in [5.41, 5.74) is 4.98. The largest absolute Gasteiger partial charge is 0.312 e. The molecule has 1 spiro atoms. The zero-order valence-corrected chi connectivity index (χ0v) is 14.6. The Kier molecular flexibility index (Phi) is 4.24. The molecule has 5 heteroatoms. The van der Waals surface area contributed by atoms with Crippen molar-refractivity contribution >= 4 is 17.5 Å². The van der Waals surface area contributed by atoms with E-state index in [1.54, 1.807) is 11.5 Å². The van der Waals surface area contributed by atoms with Gasteiger partial charge in [0.2, 0.25) is 5.91 Å². The Labute approximate surface area is 152 Å². The number of benzene rings is 2. The Hall–Kier alpha value is -2.66. The fraction of sp³-hybridized carbons (Fsp3) is 0.333. The molecule has 26 heavy (non-hydrogen) atoms. The third kappa shape index (κ3) is 2.78. The van der Waals surface area contributed by atoms with Crippen molar-refractivity contribution in [2.24, 2.45) is 5.41 Å². The highest BCUT2D eigenvalue weighted by atomic mass is 16.5. The van der Waals surface area contributed by atoms with E-state index in [0.717, 1.165) is 49.0 Å². The zero-order chi connectivity index (χ0) is 18.1. The first kappa shape index (κ1) is 16.8. The average Bonchev–Trinajstić information content (AvgIpc) is 2.70. The Bertz CT molecular complexity index is 850. The van der Waals surface area contributed by atoms with E-state index in [2.05, 4.69) is 0 Å². The Morgan fingerprint density at radius 3 is 2.65 bits per heavy atom. The van der Waals surface area contributed by atoms with Gasteiger partial charge in [-0.15, -0.1) is 0 Å². The van der Waals surface area contributed by atoms with E-state index in [-0.39, 0.29) is 11.3 Å². The number of anilines is 1. The topological polar surface area (TPSA) is 69.6 Å². The quantitative estimate of drug-likeness (QED) is 0.646. The second-order valence-corrected chi connectivity index (χ2v) is 7.28. The molecule has 0 bridgehead atoms. The number of piperidine rings is 1. The molecule has 1 aliphatic carbocycles. The fourth-order valence-corrected chi connectivity index (χ4v) is 4.38. The highest BCUT2D eigenvalue weighted by Crippen LogP contribution is 2.44. The lowest BCUT2D eigenvalue weighted by molar-refractivity contribution is -0.131. The number of rotatable bonds is 2. The van der Waals surface area contributed by atoms with E-state index in [1.807, 2.05) is 47.4 Å². The van der Waals surface area contributed by atoms with Crippen molar-refractivity contribution in [3.63, 3.8) is 0 Å². The van der Waals surface area contributed by atoms with Gasteiger partial charge in [-0.3, -0.25) is 14.8 Å². The van der Waals surface area contributed by atoms with Crippen LogP contribution in [0.3, 0.4) is 0 Å². The molecular weight excluding hydrogens is 328 g/mol. The van der Waals surface area contributed by atoms with E-state index in [1.165, 1.54) is 0 Å². The lowest BCUT2D eigenvalue weighted by Crippen LogP contribution is -2.51. The molecule has 0 radical (unpaired) electrons. The fourth-order valence-electron chi connectivity index (χ4n) is 4.38. The number of hydroxylamine groups is 1. The number of nitrogens with zero attached hydrogens (tertiary/aromatic N) is 1. The zero-order valence-electron chi connectivity index (χ0n) is 14.6. The molecule has 0 unspecified atom stereocenters. The summed E-state index contributed by atoms with van der Waals surface area (Å²) in [4.78, 5) is 26.9. The van der Waals surface area contributed by atoms with Gasteiger partial charge in [-0.1, -0.05) is 24.3 Å². The van der Waals surface area contributed by atoms with E-state index < -0.39 is 5.91 Å². The van der Waals surface area contributed by atoms with Gasteiger partial charge in [0.05, 0.1) is 5.41 Å². The lowest BCUT2D eigenvalue weighted by atomic mass is 9.66. The molecule has 1 heterocycles. The predicted molar refractivity (Wildman–Crippen MR) is 98.2 cm³/mol.